The number of alkyl halides is 4. The molecule has 0 atom stereocenters. The van der Waals surface area contributed by atoms with Crippen LogP contribution in [0.4, 0.5) is 17.6 Å². The molecule has 5 nitrogen and oxygen atoms in total. The summed E-state index contributed by atoms with van der Waals surface area (Å²) in [5, 5.41) is 2.97. The molecule has 0 aliphatic rings. The topological polar surface area (TPSA) is 61.4 Å². The zero-order chi connectivity index (χ0) is 15.1. The van der Waals surface area contributed by atoms with Crippen molar-refractivity contribution in [2.75, 3.05) is 33.2 Å². The average molecular weight is 309 g/mol. The lowest BCUT2D eigenvalue weighted by Gasteiger charge is -2.20. The van der Waals surface area contributed by atoms with Crippen LogP contribution in [0.25, 0.3) is 0 Å². The van der Waals surface area contributed by atoms with Crippen LogP contribution >= 0.6 is 0 Å². The summed E-state index contributed by atoms with van der Waals surface area (Å²) < 4.78 is 74.2. The normalized spacial score (nSPS) is 13.5. The Labute approximate surface area is 110 Å². The zero-order valence-electron chi connectivity index (χ0n) is 10.8. The first-order valence-electron chi connectivity index (χ1n) is 5.71. The predicted molar refractivity (Wildman–Crippen MR) is 63.7 cm³/mol. The number of halogens is 4. The maximum Gasteiger partial charge on any atom is 0.320 e. The molecule has 0 radical (unpaired) electrons. The third-order valence-electron chi connectivity index (χ3n) is 2.30. The van der Waals surface area contributed by atoms with Crippen molar-refractivity contribution < 1.29 is 26.0 Å². The van der Waals surface area contributed by atoms with Crippen LogP contribution in [0.15, 0.2) is 0 Å². The fraction of sp³-hybridized carbons (Fsp3) is 1.00. The first kappa shape index (κ1) is 18.6. The van der Waals surface area contributed by atoms with Gasteiger partial charge in [-0.3, -0.25) is 0 Å². The Hall–Kier alpha value is -0.450. The third kappa shape index (κ3) is 7.04. The van der Waals surface area contributed by atoms with Crippen LogP contribution in [-0.4, -0.2) is 58.3 Å². The Kier molecular flexibility index (Phi) is 7.79. The highest BCUT2D eigenvalue weighted by molar-refractivity contribution is 7.87. The van der Waals surface area contributed by atoms with Gasteiger partial charge in [0.05, 0.1) is 6.54 Å². The van der Waals surface area contributed by atoms with E-state index in [4.69, 9.17) is 0 Å². The van der Waals surface area contributed by atoms with Crippen LogP contribution in [0, 0.1) is 0 Å². The van der Waals surface area contributed by atoms with E-state index in [0.29, 0.717) is 13.0 Å². The van der Waals surface area contributed by atoms with Gasteiger partial charge in [0.25, 0.3) is 10.2 Å². The van der Waals surface area contributed by atoms with Crippen molar-refractivity contribution in [3.63, 3.8) is 0 Å². The summed E-state index contributed by atoms with van der Waals surface area (Å²) in [6.45, 7) is 1.67. The molecule has 0 aromatic carbocycles. The Morgan fingerprint density at radius 3 is 2.37 bits per heavy atom. The number of hydrogen-bond donors (Lipinski definition) is 2. The molecule has 0 saturated carbocycles. The molecular formula is C9H19F4N3O2S. The highest BCUT2D eigenvalue weighted by Crippen LogP contribution is 2.21. The van der Waals surface area contributed by atoms with Crippen LogP contribution in [-0.2, 0) is 10.2 Å². The molecule has 19 heavy (non-hydrogen) atoms. The standard InChI is InChI=1S/C9H19F4N3O2S/c1-3-14-5-4-6-16(2)19(17,18)15-7-9(12,13)8(10)11/h8,14-15H,3-7H2,1-2H3. The molecule has 116 valence electrons. The van der Waals surface area contributed by atoms with Crippen LogP contribution in [0.3, 0.4) is 0 Å². The third-order valence-corrected chi connectivity index (χ3v) is 3.81. The van der Waals surface area contributed by atoms with Gasteiger partial charge in [-0.15, -0.1) is 0 Å². The van der Waals surface area contributed by atoms with Crippen molar-refractivity contribution in [2.24, 2.45) is 0 Å². The van der Waals surface area contributed by atoms with Crippen molar-refractivity contribution in [1.82, 2.24) is 14.3 Å². The van der Waals surface area contributed by atoms with Crippen LogP contribution in [0.1, 0.15) is 13.3 Å². The molecule has 0 saturated heterocycles. The van der Waals surface area contributed by atoms with E-state index in [2.05, 4.69) is 5.32 Å². The smallest absolute Gasteiger partial charge is 0.317 e. The van der Waals surface area contributed by atoms with Gasteiger partial charge in [-0.05, 0) is 19.5 Å². The molecule has 0 aromatic heterocycles. The Morgan fingerprint density at radius 1 is 1.32 bits per heavy atom. The van der Waals surface area contributed by atoms with E-state index in [1.165, 1.54) is 11.8 Å². The molecule has 0 rings (SSSR count). The molecule has 0 aliphatic heterocycles. The molecule has 0 unspecified atom stereocenters. The lowest BCUT2D eigenvalue weighted by atomic mass is 10.4. The molecule has 0 spiro atoms. The van der Waals surface area contributed by atoms with Gasteiger partial charge in [0, 0.05) is 13.6 Å². The van der Waals surface area contributed by atoms with E-state index in [0.717, 1.165) is 10.8 Å². The Morgan fingerprint density at radius 2 is 1.89 bits per heavy atom. The van der Waals surface area contributed by atoms with E-state index >= 15 is 0 Å². The summed E-state index contributed by atoms with van der Waals surface area (Å²) in [7, 11) is -2.98. The molecule has 0 bridgehead atoms. The van der Waals surface area contributed by atoms with Crippen LogP contribution in [0.2, 0.25) is 0 Å². The molecule has 0 aromatic rings. The molecule has 2 N–H and O–H groups in total. The van der Waals surface area contributed by atoms with Crippen molar-refractivity contribution in [1.29, 1.82) is 0 Å². The average Bonchev–Trinajstić information content (AvgIpc) is 2.32. The maximum atomic E-state index is 12.6. The summed E-state index contributed by atoms with van der Waals surface area (Å²) in [6, 6.07) is 0. The second kappa shape index (κ2) is 7.98. The van der Waals surface area contributed by atoms with E-state index in [-0.39, 0.29) is 6.54 Å². The number of nitrogens with zero attached hydrogens (tertiary/aromatic N) is 1. The van der Waals surface area contributed by atoms with Gasteiger partial charge in [-0.25, -0.2) is 8.78 Å². The lowest BCUT2D eigenvalue weighted by molar-refractivity contribution is -0.122. The minimum absolute atomic E-state index is 0.0998. The Bertz CT molecular complexity index is 351. The predicted octanol–water partition coefficient (Wildman–Crippen LogP) is 0.653. The second-order valence-electron chi connectivity index (χ2n) is 3.92. The zero-order valence-corrected chi connectivity index (χ0v) is 11.6. The SMILES string of the molecule is CCNCCCN(C)S(=O)(=O)NCC(F)(F)C(F)F. The summed E-state index contributed by atoms with van der Waals surface area (Å²) in [4.78, 5) is 0. The van der Waals surface area contributed by atoms with Crippen molar-refractivity contribution in [3.05, 3.63) is 0 Å². The highest BCUT2D eigenvalue weighted by atomic mass is 32.2. The minimum atomic E-state index is -4.38. The van der Waals surface area contributed by atoms with Gasteiger partial charge >= 0.3 is 12.3 Å². The summed E-state index contributed by atoms with van der Waals surface area (Å²) in [5.41, 5.74) is 0. The number of nitrogens with one attached hydrogen (secondary N) is 2. The molecule has 0 heterocycles. The largest absolute Gasteiger partial charge is 0.320 e. The molecule has 0 fully saturated rings. The maximum absolute atomic E-state index is 12.6. The Balaban J connectivity index is 4.23. The molecule has 10 heteroatoms. The lowest BCUT2D eigenvalue weighted by Crippen LogP contribution is -2.46. The van der Waals surface area contributed by atoms with Crippen LogP contribution in [0.5, 0.6) is 0 Å². The van der Waals surface area contributed by atoms with Crippen molar-refractivity contribution in [3.8, 4) is 0 Å². The quantitative estimate of drug-likeness (QED) is 0.460. The number of hydrogen-bond acceptors (Lipinski definition) is 3. The molecule has 0 aliphatic carbocycles. The van der Waals surface area contributed by atoms with Gasteiger partial charge in [0.1, 0.15) is 0 Å². The summed E-state index contributed by atoms with van der Waals surface area (Å²) >= 11 is 0. The van der Waals surface area contributed by atoms with Gasteiger partial charge in [0.15, 0.2) is 0 Å². The van der Waals surface area contributed by atoms with E-state index in [1.807, 2.05) is 6.92 Å². The van der Waals surface area contributed by atoms with Gasteiger partial charge in [-0.1, -0.05) is 6.92 Å². The minimum Gasteiger partial charge on any atom is -0.317 e. The first-order valence-corrected chi connectivity index (χ1v) is 7.15. The van der Waals surface area contributed by atoms with Gasteiger partial charge in [-0.2, -0.15) is 26.2 Å². The summed E-state index contributed by atoms with van der Waals surface area (Å²) in [6.07, 6.45) is -3.43. The fourth-order valence-electron chi connectivity index (χ4n) is 1.10. The molecule has 0 amide bonds. The monoisotopic (exact) mass is 309 g/mol. The van der Waals surface area contributed by atoms with Crippen molar-refractivity contribution in [2.45, 2.75) is 25.7 Å². The van der Waals surface area contributed by atoms with E-state index < -0.39 is 29.1 Å². The second-order valence-corrected chi connectivity index (χ2v) is 5.78. The van der Waals surface area contributed by atoms with E-state index in [9.17, 15) is 26.0 Å². The highest BCUT2D eigenvalue weighted by Gasteiger charge is 2.41. The molecular weight excluding hydrogens is 290 g/mol. The van der Waals surface area contributed by atoms with Gasteiger partial charge in [0.2, 0.25) is 0 Å². The fourth-order valence-corrected chi connectivity index (χ4v) is 2.06. The van der Waals surface area contributed by atoms with Crippen LogP contribution < -0.4 is 10.0 Å². The number of rotatable bonds is 10. The summed E-state index contributed by atoms with van der Waals surface area (Å²) in [5.74, 6) is -4.38. The first-order chi connectivity index (χ1) is 8.63. The van der Waals surface area contributed by atoms with E-state index in [1.54, 1.807) is 0 Å². The van der Waals surface area contributed by atoms with Gasteiger partial charge < -0.3 is 5.32 Å². The van der Waals surface area contributed by atoms with Crippen molar-refractivity contribution >= 4 is 10.2 Å².